The third kappa shape index (κ3) is 3.18. The lowest BCUT2D eigenvalue weighted by Crippen LogP contribution is -2.50. The normalized spacial score (nSPS) is 29.4. The number of hydrogen-bond donors (Lipinski definition) is 2. The molecule has 1 aliphatic carbocycles. The van der Waals surface area contributed by atoms with Gasteiger partial charge in [0.15, 0.2) is 0 Å². The molecule has 104 valence electrons. The van der Waals surface area contributed by atoms with Crippen molar-refractivity contribution in [3.8, 4) is 0 Å². The molecule has 0 unspecified atom stereocenters. The summed E-state index contributed by atoms with van der Waals surface area (Å²) in [5.74, 6) is -4.61. The smallest absolute Gasteiger partial charge is 0.284 e. The Labute approximate surface area is 110 Å². The summed E-state index contributed by atoms with van der Waals surface area (Å²) in [4.78, 5) is 0. The molecular formula is C14H16F2O3. The fourth-order valence-electron chi connectivity index (χ4n) is 1.97. The molecule has 0 amide bonds. The van der Waals surface area contributed by atoms with Gasteiger partial charge in [0.1, 0.15) is 12.2 Å². The van der Waals surface area contributed by atoms with E-state index in [0.717, 1.165) is 5.56 Å². The van der Waals surface area contributed by atoms with Gasteiger partial charge < -0.3 is 14.9 Å². The predicted molar refractivity (Wildman–Crippen MR) is 65.7 cm³/mol. The van der Waals surface area contributed by atoms with E-state index < -0.39 is 24.0 Å². The maximum atomic E-state index is 13.7. The molecule has 0 saturated carbocycles. The highest BCUT2D eigenvalue weighted by molar-refractivity contribution is 5.14. The summed E-state index contributed by atoms with van der Waals surface area (Å²) in [6.45, 7) is 0.0298. The van der Waals surface area contributed by atoms with Gasteiger partial charge in [0.25, 0.3) is 5.92 Å². The van der Waals surface area contributed by atoms with Crippen molar-refractivity contribution in [1.29, 1.82) is 0 Å². The topological polar surface area (TPSA) is 49.7 Å². The molecule has 0 bridgehead atoms. The molecule has 2 rings (SSSR count). The summed E-state index contributed by atoms with van der Waals surface area (Å²) in [5.41, 5.74) is 0.895. The fraction of sp³-hybridized carbons (Fsp3) is 0.429. The molecule has 0 heterocycles. The van der Waals surface area contributed by atoms with Gasteiger partial charge in [-0.2, -0.15) is 0 Å². The van der Waals surface area contributed by atoms with Crippen molar-refractivity contribution in [2.45, 2.75) is 24.7 Å². The van der Waals surface area contributed by atoms with E-state index in [9.17, 15) is 19.0 Å². The van der Waals surface area contributed by atoms with E-state index >= 15 is 0 Å². The molecular weight excluding hydrogens is 254 g/mol. The van der Waals surface area contributed by atoms with Crippen LogP contribution in [0.2, 0.25) is 0 Å². The first-order valence-electron chi connectivity index (χ1n) is 6.05. The number of aliphatic hydroxyl groups excluding tert-OH is 2. The highest BCUT2D eigenvalue weighted by Crippen LogP contribution is 2.35. The van der Waals surface area contributed by atoms with Gasteiger partial charge in [-0.05, 0) is 5.56 Å². The van der Waals surface area contributed by atoms with Gasteiger partial charge in [-0.25, -0.2) is 8.78 Å². The van der Waals surface area contributed by atoms with Gasteiger partial charge in [-0.1, -0.05) is 42.5 Å². The minimum absolute atomic E-state index is 0.206. The molecule has 0 aliphatic heterocycles. The first-order chi connectivity index (χ1) is 9.01. The van der Waals surface area contributed by atoms with E-state index in [-0.39, 0.29) is 13.2 Å². The second kappa shape index (κ2) is 5.77. The third-order valence-corrected chi connectivity index (χ3v) is 3.16. The van der Waals surface area contributed by atoms with Gasteiger partial charge in [0, 0.05) is 0 Å². The Morgan fingerprint density at radius 1 is 1.11 bits per heavy atom. The average molecular weight is 270 g/mol. The predicted octanol–water partition coefficient (Wildman–Crippen LogP) is 1.75. The molecule has 2 N–H and O–H groups in total. The number of benzene rings is 1. The van der Waals surface area contributed by atoms with Crippen molar-refractivity contribution in [2.24, 2.45) is 5.92 Å². The van der Waals surface area contributed by atoms with Crippen LogP contribution in [0.5, 0.6) is 0 Å². The van der Waals surface area contributed by atoms with Crippen LogP contribution in [0.15, 0.2) is 42.5 Å². The van der Waals surface area contributed by atoms with E-state index in [2.05, 4.69) is 0 Å². The second-order valence-corrected chi connectivity index (χ2v) is 4.60. The number of ether oxygens (including phenoxy) is 1. The zero-order chi connectivity index (χ0) is 13.9. The Hall–Kier alpha value is -1.30. The first kappa shape index (κ1) is 14.1. The third-order valence-electron chi connectivity index (χ3n) is 3.16. The highest BCUT2D eigenvalue weighted by Gasteiger charge is 2.50. The molecule has 19 heavy (non-hydrogen) atoms. The van der Waals surface area contributed by atoms with Crippen LogP contribution in [0.25, 0.3) is 0 Å². The van der Waals surface area contributed by atoms with Crippen LogP contribution in [0.1, 0.15) is 5.56 Å². The molecule has 0 fully saturated rings. The molecule has 0 radical (unpaired) electrons. The monoisotopic (exact) mass is 270 g/mol. The summed E-state index contributed by atoms with van der Waals surface area (Å²) in [7, 11) is 0. The first-order valence-corrected chi connectivity index (χ1v) is 6.05. The maximum absolute atomic E-state index is 13.7. The number of alkyl halides is 2. The summed E-state index contributed by atoms with van der Waals surface area (Å²) < 4.78 is 32.6. The van der Waals surface area contributed by atoms with E-state index in [1.807, 2.05) is 30.3 Å². The van der Waals surface area contributed by atoms with Crippen molar-refractivity contribution >= 4 is 0 Å². The van der Waals surface area contributed by atoms with E-state index in [4.69, 9.17) is 4.74 Å². The summed E-state index contributed by atoms with van der Waals surface area (Å²) in [6, 6.07) is 9.22. The summed E-state index contributed by atoms with van der Waals surface area (Å²) in [5, 5.41) is 18.5. The lowest BCUT2D eigenvalue weighted by Gasteiger charge is -2.34. The molecule has 1 aromatic rings. The average Bonchev–Trinajstić information content (AvgIpc) is 2.40. The van der Waals surface area contributed by atoms with Gasteiger partial charge in [-0.15, -0.1) is 0 Å². The summed E-state index contributed by atoms with van der Waals surface area (Å²) >= 11 is 0. The second-order valence-electron chi connectivity index (χ2n) is 4.60. The maximum Gasteiger partial charge on any atom is 0.284 e. The standard InChI is InChI=1S/C14H16F2O3/c15-14(16)11(6-7-12(17)13(14)18)9-19-8-10-4-2-1-3-5-10/h1-7,11-13,17-18H,8-9H2/t11-,12-,13-/m0/s1. The molecule has 0 spiro atoms. The zero-order valence-electron chi connectivity index (χ0n) is 10.2. The van der Waals surface area contributed by atoms with Crippen LogP contribution in [-0.4, -0.2) is 35.0 Å². The quantitative estimate of drug-likeness (QED) is 0.819. The SMILES string of the molecule is O[C@H]1C=C[C@@H](COCc2ccccc2)C(F)(F)[C@H]1O. The van der Waals surface area contributed by atoms with E-state index in [1.165, 1.54) is 12.2 Å². The van der Waals surface area contributed by atoms with Crippen LogP contribution >= 0.6 is 0 Å². The fourth-order valence-corrected chi connectivity index (χ4v) is 1.97. The van der Waals surface area contributed by atoms with Crippen molar-refractivity contribution in [1.82, 2.24) is 0 Å². The largest absolute Gasteiger partial charge is 0.386 e. The van der Waals surface area contributed by atoms with E-state index in [1.54, 1.807) is 0 Å². The van der Waals surface area contributed by atoms with Crippen LogP contribution in [-0.2, 0) is 11.3 Å². The van der Waals surface area contributed by atoms with E-state index in [0.29, 0.717) is 0 Å². The Kier molecular flexibility index (Phi) is 4.29. The molecule has 0 saturated heterocycles. The Balaban J connectivity index is 1.91. The van der Waals surface area contributed by atoms with Crippen LogP contribution in [0, 0.1) is 5.92 Å². The number of rotatable bonds is 4. The minimum atomic E-state index is -3.38. The molecule has 1 aliphatic rings. The molecule has 5 heteroatoms. The van der Waals surface area contributed by atoms with Crippen molar-refractivity contribution in [3.63, 3.8) is 0 Å². The number of halogens is 2. The molecule has 3 atom stereocenters. The minimum Gasteiger partial charge on any atom is -0.386 e. The molecule has 0 aromatic heterocycles. The lowest BCUT2D eigenvalue weighted by atomic mass is 9.88. The molecule has 1 aromatic carbocycles. The van der Waals surface area contributed by atoms with Crippen LogP contribution in [0.4, 0.5) is 8.78 Å². The lowest BCUT2D eigenvalue weighted by molar-refractivity contribution is -0.180. The Bertz CT molecular complexity index is 434. The highest BCUT2D eigenvalue weighted by atomic mass is 19.3. The Morgan fingerprint density at radius 2 is 1.79 bits per heavy atom. The van der Waals surface area contributed by atoms with Gasteiger partial charge in [0.05, 0.1) is 19.1 Å². The van der Waals surface area contributed by atoms with Crippen LogP contribution in [0.3, 0.4) is 0 Å². The zero-order valence-corrected chi connectivity index (χ0v) is 10.2. The van der Waals surface area contributed by atoms with Gasteiger partial charge in [-0.3, -0.25) is 0 Å². The van der Waals surface area contributed by atoms with Crippen molar-refractivity contribution in [2.75, 3.05) is 6.61 Å². The summed E-state index contributed by atoms with van der Waals surface area (Å²) in [6.07, 6.45) is -1.23. The van der Waals surface area contributed by atoms with Crippen molar-refractivity contribution < 1.29 is 23.7 Å². The van der Waals surface area contributed by atoms with Crippen LogP contribution < -0.4 is 0 Å². The Morgan fingerprint density at radius 3 is 2.47 bits per heavy atom. The molecule has 3 nitrogen and oxygen atoms in total. The number of hydrogen-bond acceptors (Lipinski definition) is 3. The number of aliphatic hydroxyl groups is 2. The van der Waals surface area contributed by atoms with Gasteiger partial charge in [0.2, 0.25) is 0 Å². The van der Waals surface area contributed by atoms with Crippen molar-refractivity contribution in [3.05, 3.63) is 48.0 Å². The van der Waals surface area contributed by atoms with Gasteiger partial charge >= 0.3 is 0 Å².